The molecule has 2 aliphatic rings. The van der Waals surface area contributed by atoms with Crippen LogP contribution >= 0.6 is 0 Å². The molecule has 4 nitrogen and oxygen atoms in total. The fourth-order valence-corrected chi connectivity index (χ4v) is 6.72. The summed E-state index contributed by atoms with van der Waals surface area (Å²) in [6, 6.07) is 30.8. The average molecular weight is 547 g/mol. The van der Waals surface area contributed by atoms with Crippen LogP contribution in [0.3, 0.4) is 0 Å². The van der Waals surface area contributed by atoms with E-state index in [1.807, 2.05) is 0 Å². The Morgan fingerprint density at radius 2 is 1.18 bits per heavy atom. The van der Waals surface area contributed by atoms with E-state index in [0.29, 0.717) is 17.8 Å². The van der Waals surface area contributed by atoms with Crippen molar-refractivity contribution >= 4 is 0 Å². The molecule has 5 rings (SSSR count). The van der Waals surface area contributed by atoms with E-state index in [9.17, 15) is 0 Å². The van der Waals surface area contributed by atoms with E-state index in [4.69, 9.17) is 18.7 Å². The molecule has 0 N–H and O–H groups in total. The molecule has 0 aliphatic heterocycles. The minimum atomic E-state index is 0. The van der Waals surface area contributed by atoms with Crippen molar-refractivity contribution in [1.29, 1.82) is 0 Å². The van der Waals surface area contributed by atoms with Crippen molar-refractivity contribution in [3.63, 3.8) is 0 Å². The van der Waals surface area contributed by atoms with Crippen molar-refractivity contribution < 1.29 is 36.1 Å². The third-order valence-corrected chi connectivity index (χ3v) is 8.80. The van der Waals surface area contributed by atoms with Gasteiger partial charge in [-0.1, -0.05) is 99.1 Å². The second-order valence-electron chi connectivity index (χ2n) is 10.5. The molecule has 0 spiro atoms. The molecule has 2 fully saturated rings. The van der Waals surface area contributed by atoms with E-state index in [1.54, 1.807) is 0 Å². The number of rotatable bonds is 5. The molecule has 0 aromatic heterocycles. The van der Waals surface area contributed by atoms with E-state index in [2.05, 4.69) is 133 Å². The topological polar surface area (TPSA) is 68.9 Å². The molecule has 0 amide bonds. The quantitative estimate of drug-likeness (QED) is 0.241. The van der Waals surface area contributed by atoms with Gasteiger partial charge in [-0.05, 0) is 54.4 Å². The van der Waals surface area contributed by atoms with Crippen molar-refractivity contribution in [3.05, 3.63) is 122 Å². The van der Waals surface area contributed by atoms with Gasteiger partial charge in [-0.2, -0.15) is 0 Å². The number of aryl methyl sites for hydroxylation is 1. The van der Waals surface area contributed by atoms with Crippen LogP contribution in [-0.2, 0) is 31.3 Å². The van der Waals surface area contributed by atoms with Gasteiger partial charge in [0.05, 0.1) is 0 Å². The summed E-state index contributed by atoms with van der Waals surface area (Å²) in [6.45, 7) is 23.1. The van der Waals surface area contributed by atoms with Gasteiger partial charge >= 0.3 is 33.9 Å². The predicted octanol–water partition coefficient (Wildman–Crippen LogP) is 7.53. The van der Waals surface area contributed by atoms with Gasteiger partial charge in [-0.25, -0.2) is 0 Å². The first-order valence-corrected chi connectivity index (χ1v) is 12.4. The van der Waals surface area contributed by atoms with Crippen LogP contribution in [0.1, 0.15) is 56.2 Å². The molecule has 2 saturated carbocycles. The monoisotopic (exact) mass is 546 g/mol. The van der Waals surface area contributed by atoms with Gasteiger partial charge in [0.2, 0.25) is 0 Å². The molecule has 5 heteroatoms. The van der Waals surface area contributed by atoms with E-state index < -0.39 is 0 Å². The maximum absolute atomic E-state index is 7.50. The molecule has 38 heavy (non-hydrogen) atoms. The first kappa shape index (κ1) is 33.2. The van der Waals surface area contributed by atoms with Crippen LogP contribution in [0, 0.1) is 49.5 Å². The Kier molecular flexibility index (Phi) is 13.1. The van der Waals surface area contributed by atoms with Crippen LogP contribution in [0.4, 0.5) is 0 Å². The molecule has 3 aromatic rings. The van der Waals surface area contributed by atoms with Gasteiger partial charge in [0.1, 0.15) is 11.9 Å². The molecule has 2 aliphatic carbocycles. The first-order valence-electron chi connectivity index (χ1n) is 12.4. The maximum atomic E-state index is 7.50. The summed E-state index contributed by atoms with van der Waals surface area (Å²) < 4.78 is 29.4. The fourth-order valence-electron chi connectivity index (χ4n) is 6.72. The van der Waals surface area contributed by atoms with Crippen LogP contribution in [0.15, 0.2) is 84.9 Å². The summed E-state index contributed by atoms with van der Waals surface area (Å²) in [4.78, 5) is 0. The Labute approximate surface area is 238 Å². The van der Waals surface area contributed by atoms with Crippen LogP contribution in [0.5, 0.6) is 5.75 Å². The zero-order valence-corrected chi connectivity index (χ0v) is 23.6. The van der Waals surface area contributed by atoms with Gasteiger partial charge in [0.15, 0.2) is 0 Å². The number of hydrogen-bond donors (Lipinski definition) is 0. The van der Waals surface area contributed by atoms with Crippen LogP contribution in [0.25, 0.3) is 0 Å². The van der Waals surface area contributed by atoms with E-state index in [-0.39, 0.29) is 34.3 Å². The van der Waals surface area contributed by atoms with Gasteiger partial charge < -0.3 is 4.74 Å². The summed E-state index contributed by atoms with van der Waals surface area (Å²) in [6.07, 6.45) is 2.72. The SMILES string of the molecule is Cc1ccc(O[C@@H]2[C@H](C(c3ccccc3)c3ccccc3)[C@H]3CC[C@]2(C)C3(C)C)cc1.[C-]#[O+].[C-]#[O+].[C-]#[O+].[Cr]. The first-order chi connectivity index (χ1) is 17.9. The Bertz CT molecular complexity index is 1110. The third-order valence-electron chi connectivity index (χ3n) is 8.80. The summed E-state index contributed by atoms with van der Waals surface area (Å²) in [5.41, 5.74) is 4.49. The third kappa shape index (κ3) is 6.26. The molecule has 0 saturated heterocycles. The van der Waals surface area contributed by atoms with Crippen molar-refractivity contribution in [3.8, 4) is 5.75 Å². The molecule has 2 bridgehead atoms. The predicted molar refractivity (Wildman–Crippen MR) is 140 cm³/mol. The largest absolute Gasteiger partial charge is 0 e. The Hall–Kier alpha value is -2.79. The summed E-state index contributed by atoms with van der Waals surface area (Å²) in [7, 11) is 0. The van der Waals surface area contributed by atoms with Crippen molar-refractivity contribution in [2.45, 2.75) is 52.6 Å². The Balaban J connectivity index is 0.000000966. The Morgan fingerprint density at radius 1 is 0.737 bits per heavy atom. The van der Waals surface area contributed by atoms with Gasteiger partial charge in [-0.3, -0.25) is 0 Å². The van der Waals surface area contributed by atoms with Gasteiger partial charge in [-0.15, -0.1) is 0 Å². The molecule has 4 atom stereocenters. The van der Waals surface area contributed by atoms with Crippen LogP contribution < -0.4 is 4.74 Å². The number of benzene rings is 3. The number of ether oxygens (including phenoxy) is 1. The normalized spacial score (nSPS) is 23.6. The van der Waals surface area contributed by atoms with Crippen molar-refractivity contribution in [2.75, 3.05) is 0 Å². The molecular formula is C33H34CrO4. The molecule has 0 heterocycles. The van der Waals surface area contributed by atoms with Gasteiger partial charge in [0.25, 0.3) is 0 Å². The fraction of sp³-hybridized carbons (Fsp3) is 0.364. The Morgan fingerprint density at radius 3 is 1.63 bits per heavy atom. The second kappa shape index (κ2) is 15.0. The standard InChI is InChI=1S/C30H34O.3CO.Cr/c1-21-15-17-24(18-16-21)31-28-27(25-19-20-30(28,4)29(25,2)3)26(22-11-7-5-8-12-22)23-13-9-6-10-14-23;3*1-2;/h5-18,25-28H,19-20H2,1-4H3;;;;/t25-,27+,28-,30+;;;;/m1..../s1. The zero-order chi connectivity index (χ0) is 27.6. The van der Waals surface area contributed by atoms with Crippen LogP contribution in [-0.4, -0.2) is 6.10 Å². The second-order valence-corrected chi connectivity index (χ2v) is 10.5. The molecule has 3 aromatic carbocycles. The molecule has 196 valence electrons. The maximum Gasteiger partial charge on any atom is 0 e. The molecular weight excluding hydrogens is 512 g/mol. The average Bonchev–Trinajstić information content (AvgIpc) is 3.28. The minimum absolute atomic E-state index is 0. The summed E-state index contributed by atoms with van der Waals surface area (Å²) in [5.74, 6) is 2.42. The van der Waals surface area contributed by atoms with E-state index in [1.165, 1.54) is 29.5 Å². The number of hydrogen-bond acceptors (Lipinski definition) is 1. The molecule has 0 radical (unpaired) electrons. The van der Waals surface area contributed by atoms with Crippen molar-refractivity contribution in [1.82, 2.24) is 0 Å². The summed E-state index contributed by atoms with van der Waals surface area (Å²) >= 11 is 0. The van der Waals surface area contributed by atoms with E-state index in [0.717, 1.165) is 5.75 Å². The summed E-state index contributed by atoms with van der Waals surface area (Å²) in [5, 5.41) is 0. The van der Waals surface area contributed by atoms with Gasteiger partial charge in [0, 0.05) is 34.6 Å². The van der Waals surface area contributed by atoms with E-state index >= 15 is 0 Å². The smallest absolute Gasteiger partial charge is 0 e. The molecule has 0 unspecified atom stereocenters. The van der Waals surface area contributed by atoms with Crippen molar-refractivity contribution in [2.24, 2.45) is 22.7 Å². The van der Waals surface area contributed by atoms with Crippen LogP contribution in [0.2, 0.25) is 0 Å². The zero-order valence-electron chi connectivity index (χ0n) is 22.3. The minimum Gasteiger partial charge on any atom is 0 e. The number of fused-ring (bicyclic) bond motifs is 2.